The zero-order valence-corrected chi connectivity index (χ0v) is 24.7. The van der Waals surface area contributed by atoms with Crippen LogP contribution in [0.15, 0.2) is 167 Å². The number of nitrogens with zero attached hydrogens (tertiary/aromatic N) is 1. The lowest BCUT2D eigenvalue weighted by Gasteiger charge is -2.15. The van der Waals surface area contributed by atoms with Crippen molar-refractivity contribution in [1.29, 1.82) is 0 Å². The summed E-state index contributed by atoms with van der Waals surface area (Å²) in [7, 11) is 0. The highest BCUT2D eigenvalue weighted by Gasteiger charge is 2.25. The minimum Gasteiger partial charge on any atom is -0.455 e. The molecular weight excluding hydrogens is 546 g/mol. The van der Waals surface area contributed by atoms with Crippen molar-refractivity contribution in [2.45, 2.75) is 12.5 Å². The van der Waals surface area contributed by atoms with E-state index in [9.17, 15) is 0 Å². The molecule has 0 spiro atoms. The second-order valence-corrected chi connectivity index (χ2v) is 11.8. The Hall–Kier alpha value is -5.73. The molecule has 1 aromatic heterocycles. The SMILES string of the molecule is C1=CCC(c2cc3c(oc4cccc(-c5cccc(C6=CC(c7ccccc7)=NC6c6ccccc6)c5)c43)c3ccccc23)=C1. The summed E-state index contributed by atoms with van der Waals surface area (Å²) in [5.74, 6) is 0. The third kappa shape index (κ3) is 4.29. The Morgan fingerprint density at radius 2 is 1.33 bits per heavy atom. The van der Waals surface area contributed by atoms with Crippen LogP contribution >= 0.6 is 0 Å². The summed E-state index contributed by atoms with van der Waals surface area (Å²) in [5.41, 5.74) is 12.5. The number of allylic oxidation sites excluding steroid dienone is 5. The van der Waals surface area contributed by atoms with E-state index in [1.165, 1.54) is 38.8 Å². The average Bonchev–Trinajstić information content (AvgIpc) is 3.88. The topological polar surface area (TPSA) is 25.5 Å². The molecule has 0 amide bonds. The molecule has 2 heterocycles. The van der Waals surface area contributed by atoms with E-state index in [-0.39, 0.29) is 6.04 Å². The highest BCUT2D eigenvalue weighted by molar-refractivity contribution is 6.21. The molecule has 7 aromatic rings. The smallest absolute Gasteiger partial charge is 0.143 e. The van der Waals surface area contributed by atoms with Gasteiger partial charge in [-0.25, -0.2) is 0 Å². The molecule has 6 aromatic carbocycles. The minimum atomic E-state index is -0.0653. The number of hydrogen-bond donors (Lipinski definition) is 0. The van der Waals surface area contributed by atoms with Crippen molar-refractivity contribution in [3.05, 3.63) is 180 Å². The van der Waals surface area contributed by atoms with Crippen molar-refractivity contribution < 1.29 is 4.42 Å². The van der Waals surface area contributed by atoms with Crippen molar-refractivity contribution in [3.63, 3.8) is 0 Å². The molecule has 1 aliphatic heterocycles. The lowest BCUT2D eigenvalue weighted by molar-refractivity contribution is 0.672. The first-order valence-electron chi connectivity index (χ1n) is 15.6. The molecular formula is C43H29NO. The molecule has 1 aliphatic carbocycles. The second kappa shape index (κ2) is 10.5. The third-order valence-corrected chi connectivity index (χ3v) is 9.17. The molecule has 0 radical (unpaired) electrons. The molecule has 0 saturated heterocycles. The van der Waals surface area contributed by atoms with Crippen LogP contribution in [0.1, 0.15) is 34.7 Å². The second-order valence-electron chi connectivity index (χ2n) is 11.8. The Balaban J connectivity index is 1.22. The zero-order valence-electron chi connectivity index (χ0n) is 24.7. The van der Waals surface area contributed by atoms with Crippen molar-refractivity contribution in [2.75, 3.05) is 0 Å². The molecule has 0 fully saturated rings. The van der Waals surface area contributed by atoms with E-state index in [2.05, 4.69) is 158 Å². The Bertz CT molecular complexity index is 2390. The van der Waals surface area contributed by atoms with Crippen LogP contribution in [0.2, 0.25) is 0 Å². The first kappa shape index (κ1) is 25.7. The van der Waals surface area contributed by atoms with Gasteiger partial charge in [0.05, 0.1) is 5.71 Å². The molecule has 212 valence electrons. The average molecular weight is 576 g/mol. The van der Waals surface area contributed by atoms with E-state index >= 15 is 0 Å². The van der Waals surface area contributed by atoms with Gasteiger partial charge in [0.25, 0.3) is 0 Å². The summed E-state index contributed by atoms with van der Waals surface area (Å²) >= 11 is 0. The van der Waals surface area contributed by atoms with Gasteiger partial charge in [0, 0.05) is 16.2 Å². The third-order valence-electron chi connectivity index (χ3n) is 9.17. The zero-order chi connectivity index (χ0) is 29.7. The van der Waals surface area contributed by atoms with Crippen LogP contribution in [-0.2, 0) is 0 Å². The fourth-order valence-corrected chi connectivity index (χ4v) is 7.04. The summed E-state index contributed by atoms with van der Waals surface area (Å²) in [5, 5.41) is 4.70. The van der Waals surface area contributed by atoms with Gasteiger partial charge in [-0.1, -0.05) is 133 Å². The van der Waals surface area contributed by atoms with Crippen LogP contribution in [0.3, 0.4) is 0 Å². The van der Waals surface area contributed by atoms with Gasteiger partial charge in [-0.05, 0) is 80.6 Å². The predicted octanol–water partition coefficient (Wildman–Crippen LogP) is 11.4. The monoisotopic (exact) mass is 575 g/mol. The molecule has 1 atom stereocenters. The number of fused-ring (bicyclic) bond motifs is 5. The standard InChI is InChI=1S/C43H29NO/c1-3-15-29(16-4-1)39-27-37(42(44-39)30-17-5-2-6-18-30)32-20-11-19-31(25-32)33-23-12-24-40-41(33)38-26-36(28-13-7-8-14-28)34-21-9-10-22-35(34)43(38)45-40/h1-13,15-27,42H,14H2. The summed E-state index contributed by atoms with van der Waals surface area (Å²) in [6, 6.07) is 47.4. The fraction of sp³-hybridized carbons (Fsp3) is 0.0465. The van der Waals surface area contributed by atoms with Crippen molar-refractivity contribution in [1.82, 2.24) is 0 Å². The maximum atomic E-state index is 6.65. The molecule has 2 aliphatic rings. The van der Waals surface area contributed by atoms with E-state index in [1.54, 1.807) is 0 Å². The Morgan fingerprint density at radius 1 is 0.600 bits per heavy atom. The van der Waals surface area contributed by atoms with Crippen LogP contribution in [0.25, 0.3) is 55.0 Å². The van der Waals surface area contributed by atoms with Crippen molar-refractivity contribution in [2.24, 2.45) is 4.99 Å². The van der Waals surface area contributed by atoms with Gasteiger partial charge in [0.1, 0.15) is 17.2 Å². The van der Waals surface area contributed by atoms with E-state index in [0.717, 1.165) is 50.6 Å². The van der Waals surface area contributed by atoms with Crippen LogP contribution in [0.4, 0.5) is 0 Å². The lowest BCUT2D eigenvalue weighted by atomic mass is 9.90. The van der Waals surface area contributed by atoms with Gasteiger partial charge in [-0.2, -0.15) is 0 Å². The van der Waals surface area contributed by atoms with Crippen molar-refractivity contribution in [3.8, 4) is 11.1 Å². The van der Waals surface area contributed by atoms with Gasteiger partial charge in [-0.3, -0.25) is 4.99 Å². The first-order chi connectivity index (χ1) is 22.3. The highest BCUT2D eigenvalue weighted by atomic mass is 16.3. The fourth-order valence-electron chi connectivity index (χ4n) is 7.04. The van der Waals surface area contributed by atoms with Crippen LogP contribution in [0, 0.1) is 0 Å². The van der Waals surface area contributed by atoms with E-state index in [0.29, 0.717) is 0 Å². The highest BCUT2D eigenvalue weighted by Crippen LogP contribution is 2.44. The number of aliphatic imine (C=N–C) groups is 1. The quantitative estimate of drug-likeness (QED) is 0.200. The number of furan rings is 1. The molecule has 9 rings (SSSR count). The predicted molar refractivity (Wildman–Crippen MR) is 189 cm³/mol. The molecule has 0 bridgehead atoms. The summed E-state index contributed by atoms with van der Waals surface area (Å²) in [6.45, 7) is 0. The maximum Gasteiger partial charge on any atom is 0.143 e. The minimum absolute atomic E-state index is 0.0653. The number of hydrogen-bond acceptors (Lipinski definition) is 2. The number of rotatable bonds is 5. The summed E-state index contributed by atoms with van der Waals surface area (Å²) in [4.78, 5) is 5.25. The molecule has 1 unspecified atom stereocenters. The van der Waals surface area contributed by atoms with Crippen molar-refractivity contribution >= 4 is 49.6 Å². The summed E-state index contributed by atoms with van der Waals surface area (Å²) in [6.07, 6.45) is 9.84. The molecule has 0 saturated carbocycles. The van der Waals surface area contributed by atoms with Crippen LogP contribution in [-0.4, -0.2) is 5.71 Å². The van der Waals surface area contributed by atoms with E-state index < -0.39 is 0 Å². The van der Waals surface area contributed by atoms with Crippen LogP contribution in [0.5, 0.6) is 0 Å². The largest absolute Gasteiger partial charge is 0.455 e. The van der Waals surface area contributed by atoms with E-state index in [1.807, 2.05) is 0 Å². The Labute approximate surface area is 262 Å². The maximum absolute atomic E-state index is 6.65. The summed E-state index contributed by atoms with van der Waals surface area (Å²) < 4.78 is 6.65. The molecule has 45 heavy (non-hydrogen) atoms. The van der Waals surface area contributed by atoms with Gasteiger partial charge in [-0.15, -0.1) is 0 Å². The Morgan fingerprint density at radius 3 is 2.16 bits per heavy atom. The lowest BCUT2D eigenvalue weighted by Crippen LogP contribution is -1.97. The van der Waals surface area contributed by atoms with E-state index in [4.69, 9.17) is 9.41 Å². The Kier molecular flexibility index (Phi) is 5.99. The van der Waals surface area contributed by atoms with Gasteiger partial charge in [0.15, 0.2) is 0 Å². The molecule has 2 heteroatoms. The molecule has 2 nitrogen and oxygen atoms in total. The van der Waals surface area contributed by atoms with Crippen LogP contribution < -0.4 is 0 Å². The normalized spacial score (nSPS) is 16.0. The first-order valence-corrected chi connectivity index (χ1v) is 15.6. The van der Waals surface area contributed by atoms with Gasteiger partial charge >= 0.3 is 0 Å². The number of benzene rings is 6. The molecule has 0 N–H and O–H groups in total. The van der Waals surface area contributed by atoms with Gasteiger partial charge < -0.3 is 4.42 Å². The van der Waals surface area contributed by atoms with Gasteiger partial charge in [0.2, 0.25) is 0 Å².